The Balaban J connectivity index is 1.37. The molecule has 0 bridgehead atoms. The Morgan fingerprint density at radius 3 is 2.81 bits per heavy atom. The van der Waals surface area contributed by atoms with Gasteiger partial charge in [0.05, 0.1) is 24.2 Å². The van der Waals surface area contributed by atoms with Gasteiger partial charge < -0.3 is 31.0 Å². The minimum absolute atomic E-state index is 0.249. The van der Waals surface area contributed by atoms with Crippen molar-refractivity contribution in [1.29, 1.82) is 0 Å². The first-order valence-corrected chi connectivity index (χ1v) is 13.8. The first-order valence-electron chi connectivity index (χ1n) is 12.9. The number of piperidine rings is 1. The quantitative estimate of drug-likeness (QED) is 0.323. The highest BCUT2D eigenvalue weighted by Crippen LogP contribution is 2.37. The van der Waals surface area contributed by atoms with Gasteiger partial charge in [-0.2, -0.15) is 9.97 Å². The molecule has 0 spiro atoms. The van der Waals surface area contributed by atoms with Crippen molar-refractivity contribution in [1.82, 2.24) is 19.9 Å². The Morgan fingerprint density at radius 1 is 1.27 bits per heavy atom. The maximum atomic E-state index is 12.0. The minimum atomic E-state index is -0.387. The number of nitrogens with two attached hydrogens (primary N) is 1. The third-order valence-corrected chi connectivity index (χ3v) is 8.41. The summed E-state index contributed by atoms with van der Waals surface area (Å²) < 4.78 is 5.76. The molecule has 196 valence electrons. The number of ether oxygens (including phenoxy) is 1. The molecule has 0 saturated carbocycles. The second-order valence-corrected chi connectivity index (χ2v) is 11.1. The minimum Gasteiger partial charge on any atom is -0.495 e. The zero-order valence-corrected chi connectivity index (χ0v) is 22.4. The number of aromatic nitrogens is 3. The smallest absolute Gasteiger partial charge is 0.233 e. The van der Waals surface area contributed by atoms with Crippen LogP contribution in [0.4, 0.5) is 17.5 Å². The predicted octanol–water partition coefficient (Wildman–Crippen LogP) is 4.58. The fourth-order valence-corrected chi connectivity index (χ4v) is 6.30. The van der Waals surface area contributed by atoms with Gasteiger partial charge >= 0.3 is 0 Å². The van der Waals surface area contributed by atoms with Crippen LogP contribution in [-0.4, -0.2) is 63.8 Å². The first-order chi connectivity index (χ1) is 17.9. The van der Waals surface area contributed by atoms with Crippen LogP contribution in [0.15, 0.2) is 41.4 Å². The third-order valence-electron chi connectivity index (χ3n) is 7.12. The summed E-state index contributed by atoms with van der Waals surface area (Å²) in [6.07, 6.45) is 7.37. The van der Waals surface area contributed by atoms with Crippen LogP contribution >= 0.6 is 11.8 Å². The van der Waals surface area contributed by atoms with E-state index in [9.17, 15) is 4.79 Å². The number of nitrogens with zero attached hydrogens (tertiary/aromatic N) is 3. The lowest BCUT2D eigenvalue weighted by Crippen LogP contribution is -2.37. The summed E-state index contributed by atoms with van der Waals surface area (Å²) >= 11 is 1.47. The normalized spacial score (nSPS) is 20.7. The number of thioether (sulfide) groups is 1. The maximum absolute atomic E-state index is 12.0. The monoisotopic (exact) mass is 521 g/mol. The number of primary amides is 1. The Morgan fingerprint density at radius 2 is 2.08 bits per heavy atom. The van der Waals surface area contributed by atoms with E-state index in [0.29, 0.717) is 23.3 Å². The maximum Gasteiger partial charge on any atom is 0.233 e. The van der Waals surface area contributed by atoms with Gasteiger partial charge in [0.15, 0.2) is 0 Å². The van der Waals surface area contributed by atoms with E-state index in [1.54, 1.807) is 7.11 Å². The molecule has 0 aliphatic carbocycles. The molecule has 2 atom stereocenters. The van der Waals surface area contributed by atoms with Crippen molar-refractivity contribution < 1.29 is 9.53 Å². The third kappa shape index (κ3) is 5.55. The van der Waals surface area contributed by atoms with Crippen LogP contribution in [0.3, 0.4) is 0 Å². The molecular formula is C27H35N7O2S. The molecule has 1 fully saturated rings. The zero-order valence-electron chi connectivity index (χ0n) is 21.6. The van der Waals surface area contributed by atoms with Crippen LogP contribution in [-0.2, 0) is 4.79 Å². The number of anilines is 3. The highest BCUT2D eigenvalue weighted by molar-refractivity contribution is 8.04. The van der Waals surface area contributed by atoms with Crippen molar-refractivity contribution in [2.45, 2.75) is 50.3 Å². The van der Waals surface area contributed by atoms with Crippen molar-refractivity contribution in [3.8, 4) is 5.75 Å². The lowest BCUT2D eigenvalue weighted by molar-refractivity contribution is -0.117. The van der Waals surface area contributed by atoms with Crippen molar-refractivity contribution >= 4 is 46.2 Å². The summed E-state index contributed by atoms with van der Waals surface area (Å²) in [4.78, 5) is 28.2. The van der Waals surface area contributed by atoms with Gasteiger partial charge in [0, 0.05) is 6.20 Å². The molecular weight excluding hydrogens is 486 g/mol. The van der Waals surface area contributed by atoms with Crippen LogP contribution in [0, 0.1) is 0 Å². The number of hydrogen-bond donors (Lipinski definition) is 4. The average Bonchev–Trinajstić information content (AvgIpc) is 3.51. The molecule has 1 saturated heterocycles. The highest BCUT2D eigenvalue weighted by atomic mass is 32.2. The van der Waals surface area contributed by atoms with Gasteiger partial charge in [-0.25, -0.2) is 0 Å². The molecule has 2 aliphatic rings. The number of methoxy groups -OCH3 is 1. The number of amides is 1. The summed E-state index contributed by atoms with van der Waals surface area (Å²) in [5.41, 5.74) is 8.44. The number of nitrogens with one attached hydrogen (secondary N) is 3. The molecule has 1 aromatic carbocycles. The Bertz CT molecular complexity index is 1300. The fraction of sp³-hybridized carbons (Fsp3) is 0.444. The summed E-state index contributed by atoms with van der Waals surface area (Å²) in [5, 5.41) is 7.20. The number of allylic oxidation sites excluding steroid dienone is 1. The van der Waals surface area contributed by atoms with Gasteiger partial charge in [0.25, 0.3) is 0 Å². The molecule has 5 N–H and O–H groups in total. The molecule has 10 heteroatoms. The van der Waals surface area contributed by atoms with E-state index in [1.165, 1.54) is 30.3 Å². The van der Waals surface area contributed by atoms with Gasteiger partial charge in [0.2, 0.25) is 11.9 Å². The van der Waals surface area contributed by atoms with Crippen LogP contribution in [0.2, 0.25) is 0 Å². The molecule has 1 amide bonds. The first kappa shape index (κ1) is 25.4. The van der Waals surface area contributed by atoms with E-state index in [1.807, 2.05) is 31.3 Å². The molecule has 4 heterocycles. The summed E-state index contributed by atoms with van der Waals surface area (Å²) in [6.45, 7) is 7.69. The number of aromatic amines is 1. The van der Waals surface area contributed by atoms with Gasteiger partial charge in [-0.1, -0.05) is 19.1 Å². The highest BCUT2D eigenvalue weighted by Gasteiger charge is 2.32. The summed E-state index contributed by atoms with van der Waals surface area (Å²) in [5.74, 6) is 2.01. The van der Waals surface area contributed by atoms with E-state index in [0.717, 1.165) is 47.7 Å². The summed E-state index contributed by atoms with van der Waals surface area (Å²) in [7, 11) is 1.69. The zero-order chi connectivity index (χ0) is 25.9. The molecule has 37 heavy (non-hydrogen) atoms. The molecule has 2 aromatic heterocycles. The van der Waals surface area contributed by atoms with E-state index in [4.69, 9.17) is 15.5 Å². The molecule has 9 nitrogen and oxygen atoms in total. The van der Waals surface area contributed by atoms with Gasteiger partial charge in [-0.05, 0) is 80.4 Å². The molecule has 2 aliphatic heterocycles. The summed E-state index contributed by atoms with van der Waals surface area (Å²) in [6, 6.07) is 8.03. The van der Waals surface area contributed by atoms with E-state index in [2.05, 4.69) is 44.6 Å². The van der Waals surface area contributed by atoms with Crippen LogP contribution in [0.5, 0.6) is 5.75 Å². The van der Waals surface area contributed by atoms with Gasteiger partial charge in [0.1, 0.15) is 22.5 Å². The Kier molecular flexibility index (Phi) is 7.57. The molecule has 5 rings (SSSR count). The van der Waals surface area contributed by atoms with Crippen LogP contribution in [0.25, 0.3) is 11.0 Å². The largest absolute Gasteiger partial charge is 0.495 e. The SMILES string of the molecule is CCCN1CCC(c2ccc(Nc3nc(NC4C=C(C)SC4C(N)=O)c4cc[nH]c4n3)c(OC)c2)CC1. The van der Waals surface area contributed by atoms with E-state index >= 15 is 0 Å². The standard InChI is InChI=1S/C27H35N7O2S/c1-4-11-34-12-8-17(9-13-34)18-5-6-20(22(15-18)36-3)31-27-32-25-19(7-10-29-25)26(33-27)30-21-14-16(2)37-23(21)24(28)35/h5-7,10,14-15,17,21,23H,4,8-9,11-13H2,1-3H3,(H2,28,35)(H3,29,30,31,32,33). The topological polar surface area (TPSA) is 121 Å². The van der Waals surface area contributed by atoms with Crippen molar-refractivity contribution in [2.75, 3.05) is 37.4 Å². The van der Waals surface area contributed by atoms with Gasteiger partial charge in [-0.3, -0.25) is 4.79 Å². The lowest BCUT2D eigenvalue weighted by atomic mass is 9.89. The van der Waals surface area contributed by atoms with Crippen molar-refractivity contribution in [2.24, 2.45) is 5.73 Å². The molecule has 0 radical (unpaired) electrons. The van der Waals surface area contributed by atoms with Crippen LogP contribution < -0.4 is 21.1 Å². The fourth-order valence-electron chi connectivity index (χ4n) is 5.26. The second kappa shape index (κ2) is 11.0. The predicted molar refractivity (Wildman–Crippen MR) is 151 cm³/mol. The van der Waals surface area contributed by atoms with Crippen molar-refractivity contribution in [3.63, 3.8) is 0 Å². The molecule has 2 unspecified atom stereocenters. The van der Waals surface area contributed by atoms with E-state index in [-0.39, 0.29) is 17.2 Å². The number of rotatable bonds is 9. The Hall–Kier alpha value is -3.24. The number of carbonyl (C=O) groups excluding carboxylic acids is 1. The van der Waals surface area contributed by atoms with Crippen molar-refractivity contribution in [3.05, 3.63) is 47.0 Å². The number of carbonyl (C=O) groups is 1. The number of benzene rings is 1. The number of hydrogen-bond acceptors (Lipinski definition) is 8. The number of likely N-dealkylation sites (tertiary alicyclic amines) is 1. The second-order valence-electron chi connectivity index (χ2n) is 9.72. The number of H-pyrrole nitrogens is 1. The number of fused-ring (bicyclic) bond motifs is 1. The lowest BCUT2D eigenvalue weighted by Gasteiger charge is -2.32. The van der Waals surface area contributed by atoms with E-state index < -0.39 is 0 Å². The molecule has 3 aromatic rings. The average molecular weight is 522 g/mol. The van der Waals surface area contributed by atoms with Crippen LogP contribution in [0.1, 0.15) is 44.6 Å². The van der Waals surface area contributed by atoms with Gasteiger partial charge in [-0.15, -0.1) is 11.8 Å². The Labute approximate surface area is 221 Å².